The molecule has 1 aromatic carbocycles. The molecule has 0 unspecified atom stereocenters. The number of halogens is 2. The summed E-state index contributed by atoms with van der Waals surface area (Å²) in [6, 6.07) is 5.06. The van der Waals surface area contributed by atoms with Gasteiger partial charge in [0.25, 0.3) is 0 Å². The van der Waals surface area contributed by atoms with E-state index >= 15 is 0 Å². The first-order valence-electron chi connectivity index (χ1n) is 8.18. The van der Waals surface area contributed by atoms with Gasteiger partial charge in [0.05, 0.1) is 0 Å². The van der Waals surface area contributed by atoms with E-state index in [0.717, 1.165) is 50.8 Å². The molecule has 0 bridgehead atoms. The predicted molar refractivity (Wildman–Crippen MR) is 88.5 cm³/mol. The lowest BCUT2D eigenvalue weighted by Crippen LogP contribution is -2.55. The monoisotopic (exact) mass is 311 g/mol. The van der Waals surface area contributed by atoms with Crippen LogP contribution in [0.25, 0.3) is 0 Å². The van der Waals surface area contributed by atoms with Crippen molar-refractivity contribution in [3.63, 3.8) is 0 Å². The number of rotatable bonds is 7. The smallest absolute Gasteiger partial charge is 0.128 e. The zero-order valence-corrected chi connectivity index (χ0v) is 14.2. The fourth-order valence-corrected chi connectivity index (χ4v) is 4.40. The van der Waals surface area contributed by atoms with Gasteiger partial charge in [-0.15, -0.1) is 0 Å². The Morgan fingerprint density at radius 3 is 2.38 bits per heavy atom. The summed E-state index contributed by atoms with van der Waals surface area (Å²) in [6.07, 6.45) is 5.47. The van der Waals surface area contributed by atoms with Crippen molar-refractivity contribution in [1.29, 1.82) is 0 Å². The molecular formula is C18H27ClFN. The zero-order chi connectivity index (χ0) is 15.5. The quantitative estimate of drug-likeness (QED) is 0.672. The Labute approximate surface area is 133 Å². The average Bonchev–Trinajstić information content (AvgIpc) is 2.43. The minimum Gasteiger partial charge on any atom is -0.316 e. The van der Waals surface area contributed by atoms with Gasteiger partial charge < -0.3 is 5.32 Å². The maximum atomic E-state index is 14.4. The Bertz CT molecular complexity index is 454. The molecule has 1 nitrogen and oxygen atoms in total. The molecule has 0 saturated heterocycles. The average molecular weight is 312 g/mol. The van der Waals surface area contributed by atoms with E-state index in [9.17, 15) is 4.39 Å². The fraction of sp³-hybridized carbons (Fsp3) is 0.667. The van der Waals surface area contributed by atoms with Crippen LogP contribution in [0.5, 0.6) is 0 Å². The standard InChI is InChI=1S/C18H27ClFN/c1-4-10-21-13-18(11-17(5-2,6-3)12-18)16-14(19)8-7-9-15(16)20/h7-9,21H,4-6,10-13H2,1-3H3. The summed E-state index contributed by atoms with van der Waals surface area (Å²) in [5.41, 5.74) is 0.955. The van der Waals surface area contributed by atoms with Crippen molar-refractivity contribution in [3.05, 3.63) is 34.6 Å². The summed E-state index contributed by atoms with van der Waals surface area (Å²) in [5.74, 6) is -0.151. The first kappa shape index (κ1) is 16.8. The van der Waals surface area contributed by atoms with Crippen molar-refractivity contribution in [2.45, 2.75) is 58.3 Å². The van der Waals surface area contributed by atoms with E-state index in [-0.39, 0.29) is 11.2 Å². The lowest BCUT2D eigenvalue weighted by Gasteiger charge is -2.57. The zero-order valence-electron chi connectivity index (χ0n) is 13.4. The maximum absolute atomic E-state index is 14.4. The van der Waals surface area contributed by atoms with Gasteiger partial charge in [0.2, 0.25) is 0 Å². The molecule has 1 aliphatic rings. The van der Waals surface area contributed by atoms with Crippen LogP contribution in [-0.2, 0) is 5.41 Å². The molecular weight excluding hydrogens is 285 g/mol. The molecule has 0 spiro atoms. The molecule has 118 valence electrons. The van der Waals surface area contributed by atoms with Crippen LogP contribution < -0.4 is 5.32 Å². The topological polar surface area (TPSA) is 12.0 Å². The highest BCUT2D eigenvalue weighted by Crippen LogP contribution is 2.60. The van der Waals surface area contributed by atoms with Gasteiger partial charge in [0.15, 0.2) is 0 Å². The van der Waals surface area contributed by atoms with Gasteiger partial charge in [-0.2, -0.15) is 0 Å². The van der Waals surface area contributed by atoms with Crippen molar-refractivity contribution < 1.29 is 4.39 Å². The van der Waals surface area contributed by atoms with E-state index < -0.39 is 0 Å². The fourth-order valence-electron chi connectivity index (χ4n) is 4.03. The van der Waals surface area contributed by atoms with Crippen LogP contribution in [0.4, 0.5) is 4.39 Å². The third kappa shape index (κ3) is 3.12. The maximum Gasteiger partial charge on any atom is 0.128 e. The normalized spacial score (nSPS) is 19.3. The number of benzene rings is 1. The Morgan fingerprint density at radius 2 is 1.86 bits per heavy atom. The molecule has 0 aliphatic heterocycles. The van der Waals surface area contributed by atoms with Gasteiger partial charge >= 0.3 is 0 Å². The van der Waals surface area contributed by atoms with Crippen molar-refractivity contribution in [2.75, 3.05) is 13.1 Å². The van der Waals surface area contributed by atoms with Gasteiger partial charge in [-0.3, -0.25) is 0 Å². The van der Waals surface area contributed by atoms with Gasteiger partial charge in [-0.05, 0) is 43.4 Å². The van der Waals surface area contributed by atoms with Crippen molar-refractivity contribution >= 4 is 11.6 Å². The largest absolute Gasteiger partial charge is 0.316 e. The predicted octanol–water partition coefficient (Wildman–Crippen LogP) is 5.32. The van der Waals surface area contributed by atoms with E-state index in [0.29, 0.717) is 10.4 Å². The van der Waals surface area contributed by atoms with Crippen LogP contribution in [0.2, 0.25) is 5.02 Å². The molecule has 0 atom stereocenters. The van der Waals surface area contributed by atoms with E-state index in [1.165, 1.54) is 0 Å². The summed E-state index contributed by atoms with van der Waals surface area (Å²) in [7, 11) is 0. The van der Waals surface area contributed by atoms with Gasteiger partial charge in [0, 0.05) is 22.5 Å². The number of hydrogen-bond donors (Lipinski definition) is 1. The van der Waals surface area contributed by atoms with Crippen molar-refractivity contribution in [1.82, 2.24) is 5.32 Å². The van der Waals surface area contributed by atoms with E-state index in [4.69, 9.17) is 11.6 Å². The highest BCUT2D eigenvalue weighted by Gasteiger charge is 2.54. The van der Waals surface area contributed by atoms with E-state index in [2.05, 4.69) is 26.1 Å². The second-order valence-electron chi connectivity index (χ2n) is 6.61. The number of nitrogens with one attached hydrogen (secondary N) is 1. The van der Waals surface area contributed by atoms with Crippen LogP contribution in [0, 0.1) is 11.2 Å². The van der Waals surface area contributed by atoms with E-state index in [1.807, 2.05) is 6.07 Å². The third-order valence-corrected chi connectivity index (χ3v) is 5.63. The SMILES string of the molecule is CCCNCC1(c2c(F)cccc2Cl)CC(CC)(CC)C1. The second kappa shape index (κ2) is 6.66. The third-order valence-electron chi connectivity index (χ3n) is 5.31. The molecule has 3 heteroatoms. The summed E-state index contributed by atoms with van der Waals surface area (Å²) in [5, 5.41) is 4.07. The summed E-state index contributed by atoms with van der Waals surface area (Å²) < 4.78 is 14.4. The Balaban J connectivity index is 2.30. The molecule has 1 saturated carbocycles. The lowest BCUT2D eigenvalue weighted by atomic mass is 9.48. The van der Waals surface area contributed by atoms with Crippen LogP contribution in [0.3, 0.4) is 0 Å². The first-order chi connectivity index (χ1) is 10.0. The summed E-state index contributed by atoms with van der Waals surface area (Å²) in [4.78, 5) is 0. The molecule has 1 aromatic rings. The minimum atomic E-state index is -0.151. The van der Waals surface area contributed by atoms with Gasteiger partial charge in [-0.25, -0.2) is 4.39 Å². The second-order valence-corrected chi connectivity index (χ2v) is 7.02. The van der Waals surface area contributed by atoms with Gasteiger partial charge in [0.1, 0.15) is 5.82 Å². The summed E-state index contributed by atoms with van der Waals surface area (Å²) in [6.45, 7) is 8.44. The van der Waals surface area contributed by atoms with Crippen LogP contribution in [0.15, 0.2) is 18.2 Å². The first-order valence-corrected chi connectivity index (χ1v) is 8.55. The molecule has 21 heavy (non-hydrogen) atoms. The molecule has 1 N–H and O–H groups in total. The Hall–Kier alpha value is -0.600. The highest BCUT2D eigenvalue weighted by atomic mass is 35.5. The van der Waals surface area contributed by atoms with E-state index in [1.54, 1.807) is 12.1 Å². The molecule has 1 aliphatic carbocycles. The Kier molecular flexibility index (Phi) is 5.32. The van der Waals surface area contributed by atoms with Crippen molar-refractivity contribution in [3.8, 4) is 0 Å². The molecule has 1 fully saturated rings. The van der Waals surface area contributed by atoms with Crippen LogP contribution in [-0.4, -0.2) is 13.1 Å². The Morgan fingerprint density at radius 1 is 1.19 bits per heavy atom. The molecule has 0 heterocycles. The van der Waals surface area contributed by atoms with Crippen LogP contribution >= 0.6 is 11.6 Å². The molecule has 2 rings (SSSR count). The minimum absolute atomic E-state index is 0.135. The van der Waals surface area contributed by atoms with Crippen molar-refractivity contribution in [2.24, 2.45) is 5.41 Å². The van der Waals surface area contributed by atoms with Gasteiger partial charge in [-0.1, -0.05) is 51.3 Å². The molecule has 0 aromatic heterocycles. The number of hydrogen-bond acceptors (Lipinski definition) is 1. The van der Waals surface area contributed by atoms with Crippen LogP contribution in [0.1, 0.15) is 58.4 Å². The summed E-state index contributed by atoms with van der Waals surface area (Å²) >= 11 is 6.35. The lowest BCUT2D eigenvalue weighted by molar-refractivity contribution is 0.0110. The highest BCUT2D eigenvalue weighted by molar-refractivity contribution is 6.31. The molecule has 0 radical (unpaired) electrons. The molecule has 0 amide bonds.